The van der Waals surface area contributed by atoms with Crippen molar-refractivity contribution in [1.29, 1.82) is 5.26 Å². The lowest BCUT2D eigenvalue weighted by Crippen LogP contribution is -2.46. The molecule has 0 aliphatic heterocycles. The number of nitrogens with two attached hydrogens (primary N) is 1. The van der Waals surface area contributed by atoms with Crippen LogP contribution < -0.4 is 11.1 Å². The predicted octanol–water partition coefficient (Wildman–Crippen LogP) is 3.53. The van der Waals surface area contributed by atoms with Crippen LogP contribution in [0.4, 0.5) is 13.2 Å². The Morgan fingerprint density at radius 3 is 2.62 bits per heavy atom. The molecule has 40 heavy (non-hydrogen) atoms. The number of hydrogen-bond acceptors (Lipinski definition) is 6. The van der Waals surface area contributed by atoms with E-state index < -0.39 is 17.7 Å². The minimum atomic E-state index is -4.54. The van der Waals surface area contributed by atoms with E-state index in [4.69, 9.17) is 28.0 Å². The van der Waals surface area contributed by atoms with Gasteiger partial charge in [-0.1, -0.05) is 30.3 Å². The fraction of sp³-hybridized carbons (Fsp3) is 0.357. The van der Waals surface area contributed by atoms with E-state index in [0.717, 1.165) is 11.6 Å². The number of methoxy groups -OCH3 is 1. The van der Waals surface area contributed by atoms with Gasteiger partial charge in [-0.2, -0.15) is 18.4 Å². The van der Waals surface area contributed by atoms with Gasteiger partial charge in [0.25, 0.3) is 0 Å². The molecule has 0 amide bonds. The molecule has 0 bridgehead atoms. The molecule has 0 saturated heterocycles. The molecule has 212 valence electrons. The fourth-order valence-corrected chi connectivity index (χ4v) is 4.39. The highest BCUT2D eigenvalue weighted by Gasteiger charge is 2.34. The monoisotopic (exact) mass is 572 g/mol. The van der Waals surface area contributed by atoms with Crippen molar-refractivity contribution < 1.29 is 22.7 Å². The third kappa shape index (κ3) is 8.61. The van der Waals surface area contributed by atoms with Gasteiger partial charge in [-0.25, -0.2) is 4.98 Å². The molecule has 12 heteroatoms. The number of ether oxygens (including phenoxy) is 1. The second-order valence-corrected chi connectivity index (χ2v) is 9.54. The summed E-state index contributed by atoms with van der Waals surface area (Å²) < 4.78 is 47.9. The zero-order valence-corrected chi connectivity index (χ0v) is 22.8. The average molecular weight is 573 g/mol. The third-order valence-electron chi connectivity index (χ3n) is 6.32. The first-order valence-corrected chi connectivity index (χ1v) is 12.9. The molecule has 3 aromatic rings. The van der Waals surface area contributed by atoms with Crippen molar-refractivity contribution in [1.82, 2.24) is 19.8 Å². The largest absolute Gasteiger partial charge is 0.416 e. The minimum absolute atomic E-state index is 0.0132. The maximum Gasteiger partial charge on any atom is 0.416 e. The molecule has 3 N–H and O–H groups in total. The van der Waals surface area contributed by atoms with E-state index in [1.165, 1.54) is 25.3 Å². The van der Waals surface area contributed by atoms with E-state index in [1.807, 2.05) is 16.7 Å². The summed E-state index contributed by atoms with van der Waals surface area (Å²) in [6.07, 6.45) is -1.28. The van der Waals surface area contributed by atoms with E-state index in [2.05, 4.69) is 16.4 Å². The molecule has 0 aliphatic carbocycles. The zero-order chi connectivity index (χ0) is 29.1. The lowest BCUT2D eigenvalue weighted by Gasteiger charge is -2.30. The quantitative estimate of drug-likeness (QED) is 0.237. The van der Waals surface area contributed by atoms with Crippen LogP contribution in [0.2, 0.25) is 0 Å². The fourth-order valence-electron chi connectivity index (χ4n) is 4.15. The average Bonchev–Trinajstić information content (AvgIpc) is 3.37. The second kappa shape index (κ2) is 14.6. The number of rotatable bonds is 13. The Labute approximate surface area is 236 Å². The molecule has 8 nitrogen and oxygen atoms in total. The van der Waals surface area contributed by atoms with Crippen LogP contribution in [0.1, 0.15) is 27.9 Å². The summed E-state index contributed by atoms with van der Waals surface area (Å²) in [7, 11) is 1.53. The Balaban J connectivity index is 1.77. The van der Waals surface area contributed by atoms with Gasteiger partial charge in [0.2, 0.25) is 0 Å². The van der Waals surface area contributed by atoms with Gasteiger partial charge < -0.3 is 25.3 Å². The van der Waals surface area contributed by atoms with E-state index in [9.17, 15) is 18.0 Å². The highest BCUT2D eigenvalue weighted by atomic mass is 32.1. The number of thiocarbonyl (C=S) groups is 1. The Morgan fingerprint density at radius 2 is 1.98 bits per heavy atom. The molecule has 1 atom stereocenters. The number of imidazole rings is 1. The molecule has 0 aliphatic rings. The van der Waals surface area contributed by atoms with Crippen LogP contribution in [-0.2, 0) is 35.2 Å². The molecule has 0 fully saturated rings. The van der Waals surface area contributed by atoms with Crippen molar-refractivity contribution in [3.63, 3.8) is 0 Å². The summed E-state index contributed by atoms with van der Waals surface area (Å²) in [5.41, 5.74) is 7.42. The van der Waals surface area contributed by atoms with Crippen molar-refractivity contribution in [3.05, 3.63) is 89.0 Å². The van der Waals surface area contributed by atoms with E-state index in [-0.39, 0.29) is 42.5 Å². The topological polar surface area (TPSA) is 109 Å². The van der Waals surface area contributed by atoms with Gasteiger partial charge in [0.05, 0.1) is 30.1 Å². The summed E-state index contributed by atoms with van der Waals surface area (Å²) in [5.74, 6) is -0.878. The number of hydrogen-bond donors (Lipinski definition) is 2. The molecule has 0 radical (unpaired) electrons. The van der Waals surface area contributed by atoms with Gasteiger partial charge in [0, 0.05) is 64.1 Å². The summed E-state index contributed by atoms with van der Waals surface area (Å²) in [5, 5.41) is 12.2. The summed E-state index contributed by atoms with van der Waals surface area (Å²) in [6.45, 7) is 1.01. The van der Waals surface area contributed by atoms with Crippen LogP contribution in [0, 0.1) is 17.2 Å². The van der Waals surface area contributed by atoms with Crippen molar-refractivity contribution in [3.8, 4) is 6.07 Å². The molecular formula is C28H31F3N6O2S. The Morgan fingerprint density at radius 1 is 1.25 bits per heavy atom. The number of carbonyl (C=O) groups is 1. The highest BCUT2D eigenvalue weighted by Crippen LogP contribution is 2.32. The molecule has 3 rings (SSSR count). The van der Waals surface area contributed by atoms with Crippen molar-refractivity contribution >= 4 is 23.1 Å². The van der Waals surface area contributed by atoms with E-state index >= 15 is 0 Å². The molecule has 1 aromatic heterocycles. The first kappa shape index (κ1) is 30.7. The Bertz CT molecular complexity index is 1320. The van der Waals surface area contributed by atoms with Gasteiger partial charge in [-0.05, 0) is 41.5 Å². The van der Waals surface area contributed by atoms with Gasteiger partial charge in [-0.15, -0.1) is 0 Å². The number of alkyl halides is 3. The van der Waals surface area contributed by atoms with Gasteiger partial charge in [0.1, 0.15) is 5.78 Å². The molecular weight excluding hydrogens is 541 g/mol. The lowest BCUT2D eigenvalue weighted by molar-refractivity contribution is -0.138. The van der Waals surface area contributed by atoms with Gasteiger partial charge >= 0.3 is 6.18 Å². The summed E-state index contributed by atoms with van der Waals surface area (Å²) >= 11 is 5.50. The number of Topliss-reactive ketones (excluding diaryl/α,β-unsaturated/α-hetero) is 1. The highest BCUT2D eigenvalue weighted by molar-refractivity contribution is 7.80. The molecule has 0 saturated carbocycles. The molecule has 2 aromatic carbocycles. The van der Waals surface area contributed by atoms with Crippen molar-refractivity contribution in [2.24, 2.45) is 11.7 Å². The van der Waals surface area contributed by atoms with Crippen LogP contribution >= 0.6 is 12.2 Å². The minimum Gasteiger partial charge on any atom is -0.383 e. The standard InChI is InChI=1S/C28H31F3N6O2S/c1-39-11-10-35-27(40)36(17-22-4-2-3-5-25(22)28(29,30)31)18-23(14-33)26(38)12-24-15-34-19-37(24)16-21-8-6-20(13-32)7-9-21/h2-9,15,19,23H,10-12,14,16-18,33H2,1H3,(H,35,40)/t23-/m0/s1. The summed E-state index contributed by atoms with van der Waals surface area (Å²) in [4.78, 5) is 19.1. The first-order valence-electron chi connectivity index (χ1n) is 12.5. The lowest BCUT2D eigenvalue weighted by atomic mass is 9.99. The third-order valence-corrected chi connectivity index (χ3v) is 6.73. The molecule has 0 spiro atoms. The number of carbonyl (C=O) groups excluding carboxylic acids is 1. The first-order chi connectivity index (χ1) is 19.2. The smallest absolute Gasteiger partial charge is 0.383 e. The summed E-state index contributed by atoms with van der Waals surface area (Å²) in [6, 6.07) is 14.5. The Hall–Kier alpha value is -3.79. The number of nitrogens with one attached hydrogen (secondary N) is 1. The number of halogens is 3. The number of ketones is 1. The number of benzene rings is 2. The van der Waals surface area contributed by atoms with Gasteiger partial charge in [-0.3, -0.25) is 4.79 Å². The van der Waals surface area contributed by atoms with Crippen LogP contribution in [0.3, 0.4) is 0 Å². The van der Waals surface area contributed by atoms with Crippen molar-refractivity contribution in [2.45, 2.75) is 25.7 Å². The number of aromatic nitrogens is 2. The van der Waals surface area contributed by atoms with E-state index in [0.29, 0.717) is 31.0 Å². The maximum atomic E-state index is 13.7. The Kier molecular flexibility index (Phi) is 11.2. The second-order valence-electron chi connectivity index (χ2n) is 9.16. The SMILES string of the molecule is COCCNC(=S)N(Cc1ccccc1C(F)(F)F)C[C@H](CN)C(=O)Cc1cncn1Cc1ccc(C#N)cc1. The zero-order valence-electron chi connectivity index (χ0n) is 22.0. The van der Waals surface area contributed by atoms with Crippen LogP contribution in [0.5, 0.6) is 0 Å². The van der Waals surface area contributed by atoms with Crippen LogP contribution in [0.25, 0.3) is 0 Å². The number of nitrogens with zero attached hydrogens (tertiary/aromatic N) is 4. The molecule has 0 unspecified atom stereocenters. The molecule has 1 heterocycles. The maximum absolute atomic E-state index is 13.7. The predicted molar refractivity (Wildman–Crippen MR) is 148 cm³/mol. The van der Waals surface area contributed by atoms with Gasteiger partial charge in [0.15, 0.2) is 5.11 Å². The normalized spacial score (nSPS) is 12.0. The number of nitriles is 1. The van der Waals surface area contributed by atoms with E-state index in [1.54, 1.807) is 29.6 Å². The van der Waals surface area contributed by atoms with Crippen LogP contribution in [0.15, 0.2) is 61.1 Å². The van der Waals surface area contributed by atoms with Crippen molar-refractivity contribution in [2.75, 3.05) is 33.4 Å². The van der Waals surface area contributed by atoms with Crippen LogP contribution in [-0.4, -0.2) is 58.7 Å².